The minimum Gasteiger partial charge on any atom is -0.497 e. The molecule has 1 heterocycles. The van der Waals surface area contributed by atoms with Crippen molar-refractivity contribution < 1.29 is 22.7 Å². The van der Waals surface area contributed by atoms with Crippen molar-refractivity contribution >= 4 is 17.7 Å². The number of carbonyl (C=O) groups excluding carboxylic acids is 1. The number of nitrogens with zero attached hydrogens (tertiary/aromatic N) is 1. The number of hydrogen-bond donors (Lipinski definition) is 0. The number of carbonyl (C=O) groups is 1. The molecule has 0 N–H and O–H groups in total. The number of methoxy groups -OCH3 is 1. The van der Waals surface area contributed by atoms with E-state index in [9.17, 15) is 18.0 Å². The van der Waals surface area contributed by atoms with Crippen LogP contribution in [0.5, 0.6) is 5.75 Å². The Labute approximate surface area is 147 Å². The molecule has 1 saturated heterocycles. The van der Waals surface area contributed by atoms with E-state index in [-0.39, 0.29) is 10.9 Å². The quantitative estimate of drug-likeness (QED) is 0.794. The van der Waals surface area contributed by atoms with Gasteiger partial charge < -0.3 is 9.64 Å². The average molecular weight is 367 g/mol. The number of benzene rings is 2. The first-order valence-corrected chi connectivity index (χ1v) is 8.69. The van der Waals surface area contributed by atoms with Crippen LogP contribution in [0.1, 0.15) is 26.9 Å². The van der Waals surface area contributed by atoms with Crippen LogP contribution in [0.4, 0.5) is 13.2 Å². The molecule has 132 valence electrons. The minimum absolute atomic E-state index is 0.306. The topological polar surface area (TPSA) is 29.5 Å². The molecular formula is C18H16F3NO2S. The Morgan fingerprint density at radius 1 is 1.16 bits per heavy atom. The smallest absolute Gasteiger partial charge is 0.417 e. The second-order valence-electron chi connectivity index (χ2n) is 5.54. The number of amides is 1. The van der Waals surface area contributed by atoms with Gasteiger partial charge in [-0.05, 0) is 29.8 Å². The monoisotopic (exact) mass is 367 g/mol. The van der Waals surface area contributed by atoms with E-state index >= 15 is 0 Å². The molecule has 0 bridgehead atoms. The van der Waals surface area contributed by atoms with Crippen molar-refractivity contribution in [3.05, 3.63) is 65.2 Å². The van der Waals surface area contributed by atoms with E-state index in [4.69, 9.17) is 4.74 Å². The molecule has 2 aromatic carbocycles. The zero-order valence-electron chi connectivity index (χ0n) is 13.4. The number of alkyl halides is 3. The first-order valence-electron chi connectivity index (χ1n) is 7.64. The third-order valence-corrected chi connectivity index (χ3v) is 5.28. The van der Waals surface area contributed by atoms with Crippen LogP contribution < -0.4 is 4.74 Å². The van der Waals surface area contributed by atoms with Gasteiger partial charge in [0.2, 0.25) is 0 Å². The van der Waals surface area contributed by atoms with Crippen LogP contribution in [0.15, 0.2) is 48.5 Å². The van der Waals surface area contributed by atoms with Crippen molar-refractivity contribution in [1.29, 1.82) is 0 Å². The summed E-state index contributed by atoms with van der Waals surface area (Å²) in [7, 11) is 1.56. The lowest BCUT2D eigenvalue weighted by atomic mass is 10.1. The van der Waals surface area contributed by atoms with Crippen molar-refractivity contribution in [2.75, 3.05) is 19.4 Å². The maximum Gasteiger partial charge on any atom is 0.417 e. The van der Waals surface area contributed by atoms with Crippen molar-refractivity contribution in [2.45, 2.75) is 11.6 Å². The van der Waals surface area contributed by atoms with Gasteiger partial charge in [0.05, 0.1) is 18.2 Å². The molecule has 7 heteroatoms. The van der Waals surface area contributed by atoms with E-state index in [0.29, 0.717) is 18.0 Å². The number of rotatable bonds is 3. The Balaban J connectivity index is 1.91. The van der Waals surface area contributed by atoms with Crippen LogP contribution in [0.25, 0.3) is 0 Å². The SMILES string of the molecule is COc1ccc(C2SCCN2C(=O)c2ccccc2C(F)(F)F)cc1. The van der Waals surface area contributed by atoms with Crippen LogP contribution >= 0.6 is 11.8 Å². The Bertz CT molecular complexity index is 762. The summed E-state index contributed by atoms with van der Waals surface area (Å²) < 4.78 is 44.7. The maximum absolute atomic E-state index is 13.2. The van der Waals surface area contributed by atoms with Crippen LogP contribution in [0.2, 0.25) is 0 Å². The Hall–Kier alpha value is -2.15. The standard InChI is InChI=1S/C18H16F3NO2S/c1-24-13-8-6-12(7-9-13)17-22(10-11-25-17)16(23)14-4-2-3-5-15(14)18(19,20)21/h2-9,17H,10-11H2,1H3. The van der Waals surface area contributed by atoms with Gasteiger partial charge in [0.25, 0.3) is 5.91 Å². The normalized spacial score (nSPS) is 17.6. The van der Waals surface area contributed by atoms with Crippen LogP contribution in [-0.2, 0) is 6.18 Å². The molecule has 1 fully saturated rings. The summed E-state index contributed by atoms with van der Waals surface area (Å²) in [4.78, 5) is 14.3. The lowest BCUT2D eigenvalue weighted by molar-refractivity contribution is -0.138. The largest absolute Gasteiger partial charge is 0.497 e. The molecular weight excluding hydrogens is 351 g/mol. The molecule has 1 atom stereocenters. The van der Waals surface area contributed by atoms with Gasteiger partial charge in [0.15, 0.2) is 0 Å². The molecule has 0 saturated carbocycles. The highest BCUT2D eigenvalue weighted by Crippen LogP contribution is 2.40. The maximum atomic E-state index is 13.2. The summed E-state index contributed by atoms with van der Waals surface area (Å²) in [5.41, 5.74) is -0.345. The molecule has 3 rings (SSSR count). The molecule has 1 amide bonds. The highest BCUT2D eigenvalue weighted by molar-refractivity contribution is 7.99. The number of hydrogen-bond acceptors (Lipinski definition) is 3. The van der Waals surface area contributed by atoms with Gasteiger partial charge in [-0.15, -0.1) is 11.8 Å². The van der Waals surface area contributed by atoms with Gasteiger partial charge >= 0.3 is 6.18 Å². The molecule has 1 aliphatic heterocycles. The first kappa shape index (κ1) is 17.7. The Kier molecular flexibility index (Phi) is 4.94. The van der Waals surface area contributed by atoms with E-state index in [0.717, 1.165) is 11.6 Å². The summed E-state index contributed by atoms with van der Waals surface area (Å²) in [5.74, 6) is 0.766. The number of thioether (sulfide) groups is 1. The Morgan fingerprint density at radius 3 is 2.48 bits per heavy atom. The molecule has 3 nitrogen and oxygen atoms in total. The lowest BCUT2D eigenvalue weighted by Crippen LogP contribution is -2.32. The van der Waals surface area contributed by atoms with E-state index in [1.807, 2.05) is 12.1 Å². The third-order valence-electron chi connectivity index (χ3n) is 4.02. The zero-order chi connectivity index (χ0) is 18.0. The fourth-order valence-corrected chi connectivity index (χ4v) is 4.05. The Morgan fingerprint density at radius 2 is 1.84 bits per heavy atom. The van der Waals surface area contributed by atoms with Crippen molar-refractivity contribution in [3.63, 3.8) is 0 Å². The van der Waals surface area contributed by atoms with Crippen molar-refractivity contribution in [3.8, 4) is 5.75 Å². The molecule has 1 unspecified atom stereocenters. The highest BCUT2D eigenvalue weighted by Gasteiger charge is 2.38. The van der Waals surface area contributed by atoms with E-state index < -0.39 is 17.6 Å². The van der Waals surface area contributed by atoms with E-state index in [1.54, 1.807) is 19.2 Å². The lowest BCUT2D eigenvalue weighted by Gasteiger charge is -2.25. The third kappa shape index (κ3) is 3.61. The molecule has 25 heavy (non-hydrogen) atoms. The van der Waals surface area contributed by atoms with E-state index in [2.05, 4.69) is 0 Å². The molecule has 1 aliphatic rings. The highest BCUT2D eigenvalue weighted by atomic mass is 32.2. The van der Waals surface area contributed by atoms with Gasteiger partial charge in [0.1, 0.15) is 11.1 Å². The predicted octanol–water partition coefficient (Wildman–Crippen LogP) is 4.60. The van der Waals surface area contributed by atoms with Gasteiger partial charge in [-0.1, -0.05) is 24.3 Å². The molecule has 0 radical (unpaired) electrons. The number of ether oxygens (including phenoxy) is 1. The van der Waals surface area contributed by atoms with Gasteiger partial charge in [-0.25, -0.2) is 0 Å². The summed E-state index contributed by atoms with van der Waals surface area (Å²) in [5, 5.41) is -0.306. The van der Waals surface area contributed by atoms with E-state index in [1.165, 1.54) is 34.9 Å². The fourth-order valence-electron chi connectivity index (χ4n) is 2.79. The van der Waals surface area contributed by atoms with Crippen LogP contribution in [-0.4, -0.2) is 30.2 Å². The average Bonchev–Trinajstić information content (AvgIpc) is 3.10. The van der Waals surface area contributed by atoms with Gasteiger partial charge in [0, 0.05) is 12.3 Å². The minimum atomic E-state index is -4.56. The fraction of sp³-hybridized carbons (Fsp3) is 0.278. The second kappa shape index (κ2) is 7.00. The zero-order valence-corrected chi connectivity index (χ0v) is 14.2. The molecule has 2 aromatic rings. The van der Waals surface area contributed by atoms with Crippen molar-refractivity contribution in [2.24, 2.45) is 0 Å². The summed E-state index contributed by atoms with van der Waals surface area (Å²) >= 11 is 1.54. The molecule has 0 aromatic heterocycles. The molecule has 0 aliphatic carbocycles. The van der Waals surface area contributed by atoms with Crippen molar-refractivity contribution in [1.82, 2.24) is 4.90 Å². The number of halogens is 3. The van der Waals surface area contributed by atoms with Crippen LogP contribution in [0.3, 0.4) is 0 Å². The van der Waals surface area contributed by atoms with Gasteiger partial charge in [-0.3, -0.25) is 4.79 Å². The summed E-state index contributed by atoms with van der Waals surface area (Å²) in [6.45, 7) is 0.409. The molecule has 0 spiro atoms. The van der Waals surface area contributed by atoms with Gasteiger partial charge in [-0.2, -0.15) is 13.2 Å². The predicted molar refractivity (Wildman–Crippen MR) is 90.7 cm³/mol. The second-order valence-corrected chi connectivity index (χ2v) is 6.73. The summed E-state index contributed by atoms with van der Waals surface area (Å²) in [6.07, 6.45) is -4.56. The van der Waals surface area contributed by atoms with Crippen LogP contribution in [0, 0.1) is 0 Å². The first-order chi connectivity index (χ1) is 11.9. The summed E-state index contributed by atoms with van der Waals surface area (Å²) in [6, 6.07) is 12.1.